The summed E-state index contributed by atoms with van der Waals surface area (Å²) >= 11 is 3.36. The molecule has 16 heavy (non-hydrogen) atoms. The lowest BCUT2D eigenvalue weighted by atomic mass is 10.1. The van der Waals surface area contributed by atoms with Crippen LogP contribution in [-0.2, 0) is 6.42 Å². The first kappa shape index (κ1) is 11.4. The molecule has 1 aromatic carbocycles. The van der Waals surface area contributed by atoms with Crippen LogP contribution in [0.15, 0.2) is 29.0 Å². The van der Waals surface area contributed by atoms with Crippen LogP contribution in [0.2, 0.25) is 0 Å². The van der Waals surface area contributed by atoms with Gasteiger partial charge in [0.2, 0.25) is 0 Å². The van der Waals surface area contributed by atoms with Gasteiger partial charge in [-0.1, -0.05) is 23.8 Å². The number of benzene rings is 1. The van der Waals surface area contributed by atoms with E-state index < -0.39 is 0 Å². The molecule has 2 rings (SSSR count). The molecule has 1 heterocycles. The van der Waals surface area contributed by atoms with Gasteiger partial charge < -0.3 is 10.7 Å². The van der Waals surface area contributed by atoms with Crippen molar-refractivity contribution in [3.05, 3.63) is 40.3 Å². The molecule has 2 aromatic rings. The number of imidazole rings is 1. The van der Waals surface area contributed by atoms with Gasteiger partial charge in [0.15, 0.2) is 4.73 Å². The van der Waals surface area contributed by atoms with Gasteiger partial charge in [0.25, 0.3) is 0 Å². The van der Waals surface area contributed by atoms with Gasteiger partial charge in [-0.3, -0.25) is 0 Å². The molecule has 0 spiro atoms. The predicted molar refractivity (Wildman–Crippen MR) is 69.2 cm³/mol. The summed E-state index contributed by atoms with van der Waals surface area (Å²) in [5, 5.41) is 0. The molecule has 3 nitrogen and oxygen atoms in total. The van der Waals surface area contributed by atoms with Crippen LogP contribution < -0.4 is 5.73 Å². The fraction of sp³-hybridized carbons (Fsp3) is 0.250. The number of halogens is 1. The molecule has 0 aliphatic heterocycles. The van der Waals surface area contributed by atoms with E-state index in [0.717, 1.165) is 28.1 Å². The standard InChI is InChI=1S/C12H14BrN3/c1-8-3-2-4-9(7-8)11-10(5-6-14)15-12(13)16-11/h2-4,7H,5-6,14H2,1H3,(H,15,16). The summed E-state index contributed by atoms with van der Waals surface area (Å²) in [6.07, 6.45) is 0.807. The Labute approximate surface area is 103 Å². The molecule has 0 bridgehead atoms. The number of H-pyrrole nitrogens is 1. The number of rotatable bonds is 3. The van der Waals surface area contributed by atoms with Crippen molar-refractivity contribution >= 4 is 15.9 Å². The Morgan fingerprint density at radius 2 is 2.25 bits per heavy atom. The van der Waals surface area contributed by atoms with E-state index in [4.69, 9.17) is 5.73 Å². The Balaban J connectivity index is 2.46. The minimum atomic E-state index is 0.619. The number of nitrogens with two attached hydrogens (primary N) is 1. The highest BCUT2D eigenvalue weighted by atomic mass is 79.9. The van der Waals surface area contributed by atoms with E-state index in [-0.39, 0.29) is 0 Å². The third-order valence-electron chi connectivity index (χ3n) is 2.44. The number of aryl methyl sites for hydroxylation is 1. The smallest absolute Gasteiger partial charge is 0.175 e. The van der Waals surface area contributed by atoms with Gasteiger partial charge in [-0.2, -0.15) is 0 Å². The number of aromatic amines is 1. The Morgan fingerprint density at radius 1 is 1.44 bits per heavy atom. The monoisotopic (exact) mass is 279 g/mol. The molecule has 0 saturated carbocycles. The maximum atomic E-state index is 5.58. The van der Waals surface area contributed by atoms with E-state index >= 15 is 0 Å². The minimum absolute atomic E-state index is 0.619. The average Bonchev–Trinajstić information content (AvgIpc) is 2.60. The highest BCUT2D eigenvalue weighted by molar-refractivity contribution is 9.10. The zero-order valence-electron chi connectivity index (χ0n) is 9.13. The number of aromatic nitrogens is 2. The molecule has 0 amide bonds. The van der Waals surface area contributed by atoms with Crippen LogP contribution in [0.4, 0.5) is 0 Å². The van der Waals surface area contributed by atoms with Crippen molar-refractivity contribution in [3.8, 4) is 11.3 Å². The molecule has 0 aliphatic carbocycles. The van der Waals surface area contributed by atoms with Gasteiger partial charge >= 0.3 is 0 Å². The summed E-state index contributed by atoms with van der Waals surface area (Å²) in [6, 6.07) is 8.31. The van der Waals surface area contributed by atoms with Crippen molar-refractivity contribution in [2.45, 2.75) is 13.3 Å². The molecule has 0 aliphatic rings. The third kappa shape index (κ3) is 2.33. The summed E-state index contributed by atoms with van der Waals surface area (Å²) in [7, 11) is 0. The van der Waals surface area contributed by atoms with Crippen LogP contribution in [0.1, 0.15) is 11.3 Å². The van der Waals surface area contributed by atoms with Crippen molar-refractivity contribution in [1.29, 1.82) is 0 Å². The second-order valence-corrected chi connectivity index (χ2v) is 4.51. The van der Waals surface area contributed by atoms with E-state index in [1.165, 1.54) is 5.56 Å². The minimum Gasteiger partial charge on any atom is -0.336 e. The number of hydrogen-bond donors (Lipinski definition) is 2. The van der Waals surface area contributed by atoms with Crippen molar-refractivity contribution < 1.29 is 0 Å². The summed E-state index contributed by atoms with van der Waals surface area (Å²) in [4.78, 5) is 7.64. The molecular formula is C12H14BrN3. The summed E-state index contributed by atoms with van der Waals surface area (Å²) in [6.45, 7) is 2.70. The fourth-order valence-electron chi connectivity index (χ4n) is 1.73. The Bertz CT molecular complexity index is 491. The maximum absolute atomic E-state index is 5.58. The van der Waals surface area contributed by atoms with Gasteiger partial charge in [0.1, 0.15) is 0 Å². The van der Waals surface area contributed by atoms with Crippen LogP contribution in [0.5, 0.6) is 0 Å². The molecule has 0 atom stereocenters. The van der Waals surface area contributed by atoms with Gasteiger partial charge in [0, 0.05) is 17.7 Å². The lowest BCUT2D eigenvalue weighted by Gasteiger charge is -2.02. The fourth-order valence-corrected chi connectivity index (χ4v) is 2.15. The Kier molecular flexibility index (Phi) is 3.41. The normalized spacial score (nSPS) is 10.7. The van der Waals surface area contributed by atoms with Crippen LogP contribution in [0.25, 0.3) is 11.3 Å². The van der Waals surface area contributed by atoms with E-state index in [1.807, 2.05) is 6.07 Å². The summed E-state index contributed by atoms with van der Waals surface area (Å²) in [5.74, 6) is 0. The topological polar surface area (TPSA) is 54.7 Å². The van der Waals surface area contributed by atoms with E-state index in [2.05, 4.69) is 51.0 Å². The molecular weight excluding hydrogens is 266 g/mol. The van der Waals surface area contributed by atoms with Gasteiger partial charge in [0.05, 0.1) is 5.69 Å². The van der Waals surface area contributed by atoms with Crippen molar-refractivity contribution in [2.75, 3.05) is 6.54 Å². The molecule has 0 unspecified atom stereocenters. The second-order valence-electron chi connectivity index (χ2n) is 3.76. The predicted octanol–water partition coefficient (Wildman–Crippen LogP) is 2.65. The first-order chi connectivity index (χ1) is 7.70. The Hall–Kier alpha value is -1.13. The second kappa shape index (κ2) is 4.80. The molecule has 4 heteroatoms. The van der Waals surface area contributed by atoms with Crippen LogP contribution in [0, 0.1) is 6.92 Å². The van der Waals surface area contributed by atoms with Crippen molar-refractivity contribution in [3.63, 3.8) is 0 Å². The molecule has 1 aromatic heterocycles. The van der Waals surface area contributed by atoms with E-state index in [0.29, 0.717) is 6.54 Å². The third-order valence-corrected chi connectivity index (χ3v) is 2.81. The molecule has 0 saturated heterocycles. The zero-order chi connectivity index (χ0) is 11.5. The molecule has 0 fully saturated rings. The highest BCUT2D eigenvalue weighted by Crippen LogP contribution is 2.24. The van der Waals surface area contributed by atoms with Crippen LogP contribution in [-0.4, -0.2) is 16.5 Å². The zero-order valence-corrected chi connectivity index (χ0v) is 10.7. The molecule has 0 radical (unpaired) electrons. The average molecular weight is 280 g/mol. The van der Waals surface area contributed by atoms with Gasteiger partial charge in [-0.15, -0.1) is 0 Å². The molecule has 3 N–H and O–H groups in total. The summed E-state index contributed by atoms with van der Waals surface area (Å²) in [5.41, 5.74) is 10.0. The summed E-state index contributed by atoms with van der Waals surface area (Å²) < 4.78 is 0.757. The van der Waals surface area contributed by atoms with Crippen LogP contribution in [0.3, 0.4) is 0 Å². The maximum Gasteiger partial charge on any atom is 0.175 e. The SMILES string of the molecule is Cc1cccc(-c2nc(Br)[nH]c2CCN)c1. The van der Waals surface area contributed by atoms with Crippen molar-refractivity contribution in [2.24, 2.45) is 5.73 Å². The Morgan fingerprint density at radius 3 is 2.94 bits per heavy atom. The van der Waals surface area contributed by atoms with Crippen LogP contribution >= 0.6 is 15.9 Å². The lowest BCUT2D eigenvalue weighted by Crippen LogP contribution is -2.04. The first-order valence-electron chi connectivity index (χ1n) is 5.22. The highest BCUT2D eigenvalue weighted by Gasteiger charge is 2.10. The number of nitrogens with zero attached hydrogens (tertiary/aromatic N) is 1. The molecule has 84 valence electrons. The van der Waals surface area contributed by atoms with E-state index in [1.54, 1.807) is 0 Å². The van der Waals surface area contributed by atoms with Gasteiger partial charge in [-0.05, 0) is 35.5 Å². The van der Waals surface area contributed by atoms with Crippen molar-refractivity contribution in [1.82, 2.24) is 9.97 Å². The van der Waals surface area contributed by atoms with Gasteiger partial charge in [-0.25, -0.2) is 4.98 Å². The first-order valence-corrected chi connectivity index (χ1v) is 6.01. The number of nitrogens with one attached hydrogen (secondary N) is 1. The largest absolute Gasteiger partial charge is 0.336 e. The quantitative estimate of drug-likeness (QED) is 0.908. The lowest BCUT2D eigenvalue weighted by molar-refractivity contribution is 0.934. The van der Waals surface area contributed by atoms with E-state index in [9.17, 15) is 0 Å². The number of hydrogen-bond acceptors (Lipinski definition) is 2.